The predicted octanol–water partition coefficient (Wildman–Crippen LogP) is 4.34. The van der Waals surface area contributed by atoms with E-state index in [1.165, 1.54) is 11.1 Å². The van der Waals surface area contributed by atoms with E-state index in [0.29, 0.717) is 0 Å². The monoisotopic (exact) mass is 288 g/mol. The number of rotatable bonds is 2. The van der Waals surface area contributed by atoms with Crippen LogP contribution in [-0.4, -0.2) is 0 Å². The summed E-state index contributed by atoms with van der Waals surface area (Å²) in [5.74, 6) is 0. The second-order valence-corrected chi connectivity index (χ2v) is 5.31. The van der Waals surface area contributed by atoms with Crippen molar-refractivity contribution in [2.75, 3.05) is 0 Å². The second-order valence-electron chi connectivity index (χ2n) is 2.53. The minimum atomic E-state index is 0.975. The molecule has 0 atom stereocenters. The molecule has 2 heteroatoms. The summed E-state index contributed by atoms with van der Waals surface area (Å²) in [6, 6.07) is 8.48. The molecule has 0 N–H and O–H groups in total. The highest BCUT2D eigenvalue weighted by Crippen LogP contribution is 2.18. The lowest BCUT2D eigenvalue weighted by Crippen LogP contribution is -1.79. The standard InChI is InChI=1S/C10H10Br2/c1-2-8-4-3-5-9(6-8)7-10(11)12/h3-7H,2H2,1H3. The van der Waals surface area contributed by atoms with Gasteiger partial charge in [-0.15, -0.1) is 0 Å². The average Bonchev–Trinajstić information content (AvgIpc) is 2.03. The fourth-order valence-electron chi connectivity index (χ4n) is 1.03. The lowest BCUT2D eigenvalue weighted by molar-refractivity contribution is 1.14. The molecule has 0 aliphatic rings. The molecule has 0 nitrogen and oxygen atoms in total. The van der Waals surface area contributed by atoms with Crippen molar-refractivity contribution in [1.29, 1.82) is 0 Å². The number of aryl methyl sites for hydroxylation is 1. The topological polar surface area (TPSA) is 0 Å². The minimum absolute atomic E-state index is 0.975. The van der Waals surface area contributed by atoms with Crippen LogP contribution in [0, 0.1) is 0 Å². The lowest BCUT2D eigenvalue weighted by atomic mass is 10.1. The van der Waals surface area contributed by atoms with Gasteiger partial charge in [-0.2, -0.15) is 0 Å². The summed E-state index contributed by atoms with van der Waals surface area (Å²) in [5.41, 5.74) is 2.59. The molecule has 0 fully saturated rings. The highest BCUT2D eigenvalue weighted by molar-refractivity contribution is 9.28. The molecule has 0 saturated heterocycles. The van der Waals surface area contributed by atoms with Crippen molar-refractivity contribution in [1.82, 2.24) is 0 Å². The first-order chi connectivity index (χ1) is 5.72. The molecule has 64 valence electrons. The number of benzene rings is 1. The molecule has 0 heterocycles. The predicted molar refractivity (Wildman–Crippen MR) is 61.7 cm³/mol. The highest BCUT2D eigenvalue weighted by Gasteiger charge is 1.91. The smallest absolute Gasteiger partial charge is 0.0610 e. The normalized spacial score (nSPS) is 9.58. The quantitative estimate of drug-likeness (QED) is 0.760. The fourth-order valence-corrected chi connectivity index (χ4v) is 1.56. The SMILES string of the molecule is CCc1cccc(C=C(Br)Br)c1. The van der Waals surface area contributed by atoms with Crippen LogP contribution in [0.25, 0.3) is 6.08 Å². The van der Waals surface area contributed by atoms with Gasteiger partial charge in [0.1, 0.15) is 0 Å². The third-order valence-corrected chi connectivity index (χ3v) is 2.09. The van der Waals surface area contributed by atoms with Gasteiger partial charge in [-0.25, -0.2) is 0 Å². The molecule has 0 bridgehead atoms. The van der Waals surface area contributed by atoms with Crippen LogP contribution in [0.3, 0.4) is 0 Å². The summed E-state index contributed by atoms with van der Waals surface area (Å²) < 4.78 is 0.975. The van der Waals surface area contributed by atoms with Crippen molar-refractivity contribution in [3.63, 3.8) is 0 Å². The van der Waals surface area contributed by atoms with Gasteiger partial charge in [-0.05, 0) is 55.5 Å². The Balaban J connectivity index is 2.94. The van der Waals surface area contributed by atoms with Crippen molar-refractivity contribution in [3.05, 3.63) is 38.8 Å². The van der Waals surface area contributed by atoms with E-state index in [2.05, 4.69) is 63.0 Å². The highest BCUT2D eigenvalue weighted by atomic mass is 79.9. The van der Waals surface area contributed by atoms with Gasteiger partial charge in [0.15, 0.2) is 0 Å². The van der Waals surface area contributed by atoms with Crippen molar-refractivity contribution in [3.8, 4) is 0 Å². The van der Waals surface area contributed by atoms with E-state index in [0.717, 1.165) is 9.81 Å². The summed E-state index contributed by atoms with van der Waals surface area (Å²) in [6.45, 7) is 2.16. The molecular formula is C10H10Br2. The van der Waals surface area contributed by atoms with Crippen LogP contribution < -0.4 is 0 Å². The van der Waals surface area contributed by atoms with Crippen LogP contribution in [-0.2, 0) is 6.42 Å². The minimum Gasteiger partial charge on any atom is -0.0614 e. The average molecular weight is 290 g/mol. The first-order valence-corrected chi connectivity index (χ1v) is 5.42. The molecular weight excluding hydrogens is 280 g/mol. The van der Waals surface area contributed by atoms with Crippen LogP contribution in [0.1, 0.15) is 18.1 Å². The van der Waals surface area contributed by atoms with E-state index in [1.807, 2.05) is 6.08 Å². The van der Waals surface area contributed by atoms with Crippen molar-refractivity contribution in [2.24, 2.45) is 0 Å². The Bertz CT molecular complexity index is 286. The van der Waals surface area contributed by atoms with E-state index in [9.17, 15) is 0 Å². The van der Waals surface area contributed by atoms with E-state index < -0.39 is 0 Å². The summed E-state index contributed by atoms with van der Waals surface area (Å²) in [4.78, 5) is 0. The summed E-state index contributed by atoms with van der Waals surface area (Å²) in [6.07, 6.45) is 3.13. The molecule has 1 rings (SSSR count). The van der Waals surface area contributed by atoms with Crippen molar-refractivity contribution >= 4 is 37.9 Å². The largest absolute Gasteiger partial charge is 0.0614 e. The maximum atomic E-state index is 3.34. The zero-order chi connectivity index (χ0) is 8.97. The Hall–Kier alpha value is -0.0800. The summed E-state index contributed by atoms with van der Waals surface area (Å²) in [5, 5.41) is 0. The molecule has 0 spiro atoms. The number of hydrogen-bond donors (Lipinski definition) is 0. The third-order valence-electron chi connectivity index (χ3n) is 1.64. The van der Waals surface area contributed by atoms with E-state index in [4.69, 9.17) is 0 Å². The molecule has 12 heavy (non-hydrogen) atoms. The van der Waals surface area contributed by atoms with Crippen LogP contribution in [0.5, 0.6) is 0 Å². The zero-order valence-corrected chi connectivity index (χ0v) is 10.0. The molecule has 0 radical (unpaired) electrons. The Kier molecular flexibility index (Phi) is 4.02. The van der Waals surface area contributed by atoms with Crippen molar-refractivity contribution < 1.29 is 0 Å². The summed E-state index contributed by atoms with van der Waals surface area (Å²) >= 11 is 6.67. The van der Waals surface area contributed by atoms with Gasteiger partial charge in [0.05, 0.1) is 3.39 Å². The molecule has 1 aromatic rings. The van der Waals surface area contributed by atoms with Gasteiger partial charge in [-0.1, -0.05) is 31.2 Å². The van der Waals surface area contributed by atoms with Gasteiger partial charge in [0.2, 0.25) is 0 Å². The van der Waals surface area contributed by atoms with E-state index in [1.54, 1.807) is 0 Å². The van der Waals surface area contributed by atoms with Gasteiger partial charge < -0.3 is 0 Å². The Labute approximate surface area is 89.9 Å². The first-order valence-electron chi connectivity index (χ1n) is 3.84. The maximum absolute atomic E-state index is 3.34. The molecule has 0 saturated carbocycles. The summed E-state index contributed by atoms with van der Waals surface area (Å²) in [7, 11) is 0. The van der Waals surface area contributed by atoms with E-state index in [-0.39, 0.29) is 0 Å². The molecule has 0 aliphatic heterocycles. The Morgan fingerprint density at radius 2 is 2.17 bits per heavy atom. The van der Waals surface area contributed by atoms with Gasteiger partial charge in [0, 0.05) is 0 Å². The maximum Gasteiger partial charge on any atom is 0.0610 e. The van der Waals surface area contributed by atoms with Crippen LogP contribution >= 0.6 is 31.9 Å². The first kappa shape index (κ1) is 10.0. The number of halogens is 2. The number of hydrogen-bond acceptors (Lipinski definition) is 0. The lowest BCUT2D eigenvalue weighted by Gasteiger charge is -1.97. The van der Waals surface area contributed by atoms with Crippen LogP contribution in [0.2, 0.25) is 0 Å². The van der Waals surface area contributed by atoms with Gasteiger partial charge in [-0.3, -0.25) is 0 Å². The molecule has 0 aliphatic carbocycles. The molecule has 0 amide bonds. The van der Waals surface area contributed by atoms with Crippen molar-refractivity contribution in [2.45, 2.75) is 13.3 Å². The molecule has 0 unspecified atom stereocenters. The Morgan fingerprint density at radius 1 is 1.42 bits per heavy atom. The third kappa shape index (κ3) is 3.11. The van der Waals surface area contributed by atoms with E-state index >= 15 is 0 Å². The van der Waals surface area contributed by atoms with Crippen LogP contribution in [0.15, 0.2) is 27.7 Å². The molecule has 0 aromatic heterocycles. The van der Waals surface area contributed by atoms with Gasteiger partial charge in [0.25, 0.3) is 0 Å². The fraction of sp³-hybridized carbons (Fsp3) is 0.200. The molecule has 1 aromatic carbocycles. The zero-order valence-electron chi connectivity index (χ0n) is 6.85. The van der Waals surface area contributed by atoms with Crippen LogP contribution in [0.4, 0.5) is 0 Å². The second kappa shape index (κ2) is 4.83. The Morgan fingerprint density at radius 3 is 2.75 bits per heavy atom. The van der Waals surface area contributed by atoms with Gasteiger partial charge >= 0.3 is 0 Å².